The average Bonchev–Trinajstić information content (AvgIpc) is 2.67. The van der Waals surface area contributed by atoms with Gasteiger partial charge in [-0.25, -0.2) is 0 Å². The molecule has 0 saturated carbocycles. The average molecular weight is 210 g/mol. The van der Waals surface area contributed by atoms with Crippen LogP contribution in [0.3, 0.4) is 0 Å². The van der Waals surface area contributed by atoms with Gasteiger partial charge in [-0.2, -0.15) is 0 Å². The third kappa shape index (κ3) is 1.81. The highest BCUT2D eigenvalue weighted by molar-refractivity contribution is 7.10. The number of nitrogens with one attached hydrogen (secondary N) is 1. The molecule has 2 heterocycles. The molecule has 2 rings (SSSR count). The van der Waals surface area contributed by atoms with Gasteiger partial charge in [-0.05, 0) is 30.8 Å². The van der Waals surface area contributed by atoms with Gasteiger partial charge in [-0.1, -0.05) is 0 Å². The molecule has 4 heteroatoms. The first-order valence-electron chi connectivity index (χ1n) is 4.87. The fraction of sp³-hybridized carbons (Fsp3) is 0.500. The van der Waals surface area contributed by atoms with E-state index in [-0.39, 0.29) is 5.91 Å². The molecule has 1 aromatic heterocycles. The van der Waals surface area contributed by atoms with E-state index in [1.807, 2.05) is 11.4 Å². The van der Waals surface area contributed by atoms with E-state index in [4.69, 9.17) is 5.73 Å². The van der Waals surface area contributed by atoms with Crippen LogP contribution in [0.1, 0.15) is 34.0 Å². The SMILES string of the molecule is NC(=O)c1ccsc1[C@H]1CCCNC1. The molecule has 0 unspecified atom stereocenters. The van der Waals surface area contributed by atoms with Crippen LogP contribution in [-0.2, 0) is 0 Å². The van der Waals surface area contributed by atoms with Crippen LogP contribution in [0.25, 0.3) is 0 Å². The van der Waals surface area contributed by atoms with E-state index in [2.05, 4.69) is 5.32 Å². The van der Waals surface area contributed by atoms with Crippen molar-refractivity contribution < 1.29 is 4.79 Å². The lowest BCUT2D eigenvalue weighted by atomic mass is 9.95. The Morgan fingerprint density at radius 1 is 1.64 bits per heavy atom. The maximum Gasteiger partial charge on any atom is 0.249 e. The fourth-order valence-corrected chi connectivity index (χ4v) is 2.96. The predicted molar refractivity (Wildman–Crippen MR) is 57.7 cm³/mol. The maximum atomic E-state index is 11.1. The molecule has 3 N–H and O–H groups in total. The lowest BCUT2D eigenvalue weighted by Crippen LogP contribution is -2.29. The van der Waals surface area contributed by atoms with Crippen molar-refractivity contribution in [2.45, 2.75) is 18.8 Å². The molecule has 1 aromatic rings. The van der Waals surface area contributed by atoms with E-state index in [0.29, 0.717) is 11.5 Å². The summed E-state index contributed by atoms with van der Waals surface area (Å²) in [7, 11) is 0. The summed E-state index contributed by atoms with van der Waals surface area (Å²) in [5.41, 5.74) is 6.02. The number of primary amides is 1. The van der Waals surface area contributed by atoms with Crippen LogP contribution >= 0.6 is 11.3 Å². The highest BCUT2D eigenvalue weighted by Crippen LogP contribution is 2.30. The third-order valence-electron chi connectivity index (χ3n) is 2.63. The van der Waals surface area contributed by atoms with Crippen molar-refractivity contribution in [3.05, 3.63) is 21.9 Å². The summed E-state index contributed by atoms with van der Waals surface area (Å²) in [4.78, 5) is 12.3. The molecular formula is C10H14N2OS. The molecule has 1 atom stereocenters. The molecule has 1 aliphatic heterocycles. The molecule has 0 aliphatic carbocycles. The smallest absolute Gasteiger partial charge is 0.249 e. The minimum absolute atomic E-state index is 0.299. The molecule has 1 amide bonds. The van der Waals surface area contributed by atoms with Gasteiger partial charge in [-0.15, -0.1) is 11.3 Å². The lowest BCUT2D eigenvalue weighted by molar-refractivity contribution is 0.0999. The summed E-state index contributed by atoms with van der Waals surface area (Å²) in [5.74, 6) is 0.179. The van der Waals surface area contributed by atoms with Gasteiger partial charge in [0.2, 0.25) is 5.91 Å². The van der Waals surface area contributed by atoms with Crippen molar-refractivity contribution in [1.29, 1.82) is 0 Å². The van der Waals surface area contributed by atoms with Crippen LogP contribution in [0.4, 0.5) is 0 Å². The summed E-state index contributed by atoms with van der Waals surface area (Å²) >= 11 is 1.64. The van der Waals surface area contributed by atoms with Crippen molar-refractivity contribution >= 4 is 17.2 Å². The fourth-order valence-electron chi connectivity index (χ4n) is 1.92. The number of hydrogen-bond donors (Lipinski definition) is 2. The largest absolute Gasteiger partial charge is 0.366 e. The number of nitrogens with two attached hydrogens (primary N) is 1. The molecule has 1 aliphatic rings. The molecule has 0 spiro atoms. The molecule has 3 nitrogen and oxygen atoms in total. The molecule has 14 heavy (non-hydrogen) atoms. The van der Waals surface area contributed by atoms with Crippen LogP contribution in [0.2, 0.25) is 0 Å². The van der Waals surface area contributed by atoms with Gasteiger partial charge in [0, 0.05) is 17.3 Å². The van der Waals surface area contributed by atoms with Crippen LogP contribution in [0.5, 0.6) is 0 Å². The van der Waals surface area contributed by atoms with Crippen LogP contribution in [-0.4, -0.2) is 19.0 Å². The minimum Gasteiger partial charge on any atom is -0.366 e. The van der Waals surface area contributed by atoms with Crippen LogP contribution in [0, 0.1) is 0 Å². The second-order valence-corrected chi connectivity index (χ2v) is 4.55. The lowest BCUT2D eigenvalue weighted by Gasteiger charge is -2.22. The summed E-state index contributed by atoms with van der Waals surface area (Å²) in [6.45, 7) is 2.06. The number of carbonyl (C=O) groups is 1. The Balaban J connectivity index is 2.21. The number of hydrogen-bond acceptors (Lipinski definition) is 3. The monoisotopic (exact) mass is 210 g/mol. The Bertz CT molecular complexity index is 329. The van der Waals surface area contributed by atoms with Gasteiger partial charge < -0.3 is 11.1 Å². The summed E-state index contributed by atoms with van der Waals surface area (Å²) < 4.78 is 0. The number of amides is 1. The maximum absolute atomic E-state index is 11.1. The summed E-state index contributed by atoms with van der Waals surface area (Å²) in [6.07, 6.45) is 2.34. The van der Waals surface area contributed by atoms with Crippen molar-refractivity contribution in [3.8, 4) is 0 Å². The van der Waals surface area contributed by atoms with E-state index >= 15 is 0 Å². The number of piperidine rings is 1. The van der Waals surface area contributed by atoms with Crippen LogP contribution < -0.4 is 11.1 Å². The second-order valence-electron chi connectivity index (χ2n) is 3.61. The van der Waals surface area contributed by atoms with Crippen molar-refractivity contribution in [2.75, 3.05) is 13.1 Å². The standard InChI is InChI=1S/C10H14N2OS/c11-10(13)8-3-5-14-9(8)7-2-1-4-12-6-7/h3,5,7,12H,1-2,4,6H2,(H2,11,13)/t7-/m0/s1. The Morgan fingerprint density at radius 3 is 3.14 bits per heavy atom. The van der Waals surface area contributed by atoms with Crippen molar-refractivity contribution in [1.82, 2.24) is 5.32 Å². The van der Waals surface area contributed by atoms with E-state index in [1.54, 1.807) is 11.3 Å². The van der Waals surface area contributed by atoms with Crippen LogP contribution in [0.15, 0.2) is 11.4 Å². The minimum atomic E-state index is -0.299. The zero-order valence-electron chi connectivity index (χ0n) is 7.95. The van der Waals surface area contributed by atoms with E-state index in [0.717, 1.165) is 24.4 Å². The highest BCUT2D eigenvalue weighted by Gasteiger charge is 2.21. The number of carbonyl (C=O) groups excluding carboxylic acids is 1. The Morgan fingerprint density at radius 2 is 2.50 bits per heavy atom. The van der Waals surface area contributed by atoms with E-state index in [1.165, 1.54) is 6.42 Å². The van der Waals surface area contributed by atoms with Gasteiger partial charge in [0.25, 0.3) is 0 Å². The first-order valence-corrected chi connectivity index (χ1v) is 5.75. The molecule has 1 saturated heterocycles. The Hall–Kier alpha value is -0.870. The molecule has 76 valence electrons. The number of thiophene rings is 1. The van der Waals surface area contributed by atoms with Crippen molar-refractivity contribution in [3.63, 3.8) is 0 Å². The highest BCUT2D eigenvalue weighted by atomic mass is 32.1. The normalized spacial score (nSPS) is 22.1. The second kappa shape index (κ2) is 4.11. The molecule has 0 bridgehead atoms. The molecule has 0 radical (unpaired) electrons. The summed E-state index contributed by atoms with van der Waals surface area (Å²) in [5, 5.41) is 5.29. The molecule has 0 aromatic carbocycles. The Kier molecular flexibility index (Phi) is 2.84. The van der Waals surface area contributed by atoms with Gasteiger partial charge in [0.15, 0.2) is 0 Å². The van der Waals surface area contributed by atoms with Gasteiger partial charge >= 0.3 is 0 Å². The van der Waals surface area contributed by atoms with E-state index < -0.39 is 0 Å². The zero-order valence-corrected chi connectivity index (χ0v) is 8.77. The number of rotatable bonds is 2. The first-order chi connectivity index (χ1) is 6.79. The first kappa shape index (κ1) is 9.68. The molecule has 1 fully saturated rings. The summed E-state index contributed by atoms with van der Waals surface area (Å²) in [6, 6.07) is 1.83. The topological polar surface area (TPSA) is 55.1 Å². The van der Waals surface area contributed by atoms with Gasteiger partial charge in [0.1, 0.15) is 0 Å². The third-order valence-corrected chi connectivity index (χ3v) is 3.71. The molecular weight excluding hydrogens is 196 g/mol. The van der Waals surface area contributed by atoms with Gasteiger partial charge in [0.05, 0.1) is 5.56 Å². The van der Waals surface area contributed by atoms with Gasteiger partial charge in [-0.3, -0.25) is 4.79 Å². The quantitative estimate of drug-likeness (QED) is 0.773. The predicted octanol–water partition coefficient (Wildman–Crippen LogP) is 1.31. The Labute approximate surface area is 87.3 Å². The van der Waals surface area contributed by atoms with E-state index in [9.17, 15) is 4.79 Å². The zero-order chi connectivity index (χ0) is 9.97. The van der Waals surface area contributed by atoms with Crippen molar-refractivity contribution in [2.24, 2.45) is 5.73 Å².